The quantitative estimate of drug-likeness (QED) is 0.834. The molecule has 0 N–H and O–H groups in total. The first-order chi connectivity index (χ1) is 10.8. The predicted octanol–water partition coefficient (Wildman–Crippen LogP) is 3.25. The van der Waals surface area contributed by atoms with E-state index in [1.165, 1.54) is 0 Å². The van der Waals surface area contributed by atoms with E-state index in [-0.39, 0.29) is 5.91 Å². The molecule has 0 radical (unpaired) electrons. The zero-order chi connectivity index (χ0) is 15.0. The minimum absolute atomic E-state index is 0.0412. The molecule has 106 valence electrons. The van der Waals surface area contributed by atoms with Crippen LogP contribution in [0.5, 0.6) is 0 Å². The second-order valence-electron chi connectivity index (χ2n) is 5.29. The summed E-state index contributed by atoms with van der Waals surface area (Å²) in [6.07, 6.45) is 7.39. The molecule has 3 heteroatoms. The smallest absolute Gasteiger partial charge is 0.269 e. The third-order valence-corrected chi connectivity index (χ3v) is 4.03. The van der Waals surface area contributed by atoms with Crippen molar-refractivity contribution in [2.45, 2.75) is 5.54 Å². The lowest BCUT2D eigenvalue weighted by molar-refractivity contribution is -0.128. The minimum Gasteiger partial charge on any atom is -0.270 e. The van der Waals surface area contributed by atoms with Gasteiger partial charge in [-0.15, -0.1) is 0 Å². The van der Waals surface area contributed by atoms with Crippen molar-refractivity contribution in [2.24, 2.45) is 4.99 Å². The maximum Gasteiger partial charge on any atom is 0.269 e. The molecule has 0 aromatic heterocycles. The van der Waals surface area contributed by atoms with Gasteiger partial charge in [0.1, 0.15) is 5.84 Å². The van der Waals surface area contributed by atoms with Gasteiger partial charge in [-0.25, -0.2) is 4.99 Å². The Balaban J connectivity index is 1.99. The van der Waals surface area contributed by atoms with Gasteiger partial charge in [0.2, 0.25) is 0 Å². The van der Waals surface area contributed by atoms with Crippen molar-refractivity contribution < 1.29 is 4.79 Å². The Bertz CT molecular complexity index is 764. The molecule has 0 saturated carbocycles. The Labute approximate surface area is 128 Å². The third kappa shape index (κ3) is 1.69. The highest BCUT2D eigenvalue weighted by molar-refractivity contribution is 6.15. The fourth-order valence-electron chi connectivity index (χ4n) is 2.99. The summed E-state index contributed by atoms with van der Waals surface area (Å²) < 4.78 is 0. The van der Waals surface area contributed by atoms with Gasteiger partial charge in [0.25, 0.3) is 5.91 Å². The van der Waals surface area contributed by atoms with Gasteiger partial charge in [0, 0.05) is 6.20 Å². The Morgan fingerprint density at radius 1 is 0.818 bits per heavy atom. The van der Waals surface area contributed by atoms with Crippen molar-refractivity contribution in [3.8, 4) is 0 Å². The fourth-order valence-corrected chi connectivity index (χ4v) is 2.99. The highest BCUT2D eigenvalue weighted by atomic mass is 16.2. The highest BCUT2D eigenvalue weighted by Gasteiger charge is 2.50. The largest absolute Gasteiger partial charge is 0.270 e. The molecule has 0 unspecified atom stereocenters. The van der Waals surface area contributed by atoms with E-state index in [2.05, 4.69) is 0 Å². The van der Waals surface area contributed by atoms with Crippen molar-refractivity contribution >= 4 is 11.7 Å². The maximum absolute atomic E-state index is 13.2. The van der Waals surface area contributed by atoms with Crippen molar-refractivity contribution in [3.05, 3.63) is 96.2 Å². The van der Waals surface area contributed by atoms with E-state index >= 15 is 0 Å². The standard InChI is InChI=1S/C19H14N2O/c22-18-19(15-9-3-1-4-10-15,16-11-5-2-6-12-16)20-17-13-7-8-14-21(17)18/h1-14H. The normalized spacial score (nSPS) is 18.3. The zero-order valence-corrected chi connectivity index (χ0v) is 11.9. The number of fused-ring (bicyclic) bond motifs is 1. The summed E-state index contributed by atoms with van der Waals surface area (Å²) in [4.78, 5) is 19.6. The number of hydrogen-bond acceptors (Lipinski definition) is 2. The van der Waals surface area contributed by atoms with Crippen LogP contribution in [-0.4, -0.2) is 16.6 Å². The molecule has 0 fully saturated rings. The fraction of sp³-hybridized carbons (Fsp3) is 0.0526. The average Bonchev–Trinajstić information content (AvgIpc) is 2.91. The average molecular weight is 286 g/mol. The Kier molecular flexibility index (Phi) is 2.79. The van der Waals surface area contributed by atoms with E-state index in [1.54, 1.807) is 11.1 Å². The van der Waals surface area contributed by atoms with Gasteiger partial charge < -0.3 is 0 Å². The molecule has 2 heterocycles. The van der Waals surface area contributed by atoms with Gasteiger partial charge in [0.15, 0.2) is 5.54 Å². The molecule has 0 aliphatic carbocycles. The van der Waals surface area contributed by atoms with Crippen LogP contribution in [0, 0.1) is 0 Å². The van der Waals surface area contributed by atoms with Crippen LogP contribution in [-0.2, 0) is 10.3 Å². The lowest BCUT2D eigenvalue weighted by Crippen LogP contribution is -2.39. The second kappa shape index (κ2) is 4.81. The van der Waals surface area contributed by atoms with Crippen LogP contribution in [0.4, 0.5) is 0 Å². The molecule has 0 saturated heterocycles. The Morgan fingerprint density at radius 2 is 1.41 bits per heavy atom. The van der Waals surface area contributed by atoms with Crippen molar-refractivity contribution in [1.29, 1.82) is 0 Å². The van der Waals surface area contributed by atoms with Gasteiger partial charge in [-0.3, -0.25) is 9.69 Å². The summed E-state index contributed by atoms with van der Waals surface area (Å²) in [7, 11) is 0. The third-order valence-electron chi connectivity index (χ3n) is 4.03. The number of carbonyl (C=O) groups excluding carboxylic acids is 1. The molecule has 0 bridgehead atoms. The Morgan fingerprint density at radius 3 is 1.95 bits per heavy atom. The van der Waals surface area contributed by atoms with Crippen LogP contribution < -0.4 is 0 Å². The molecular formula is C19H14N2O. The van der Waals surface area contributed by atoms with E-state index in [0.29, 0.717) is 5.84 Å². The highest BCUT2D eigenvalue weighted by Crippen LogP contribution is 2.40. The Hall–Kier alpha value is -2.94. The number of amides is 1. The predicted molar refractivity (Wildman–Crippen MR) is 86.2 cm³/mol. The second-order valence-corrected chi connectivity index (χ2v) is 5.29. The molecule has 2 aliphatic rings. The first kappa shape index (κ1) is 12.8. The molecule has 1 amide bonds. The number of carbonyl (C=O) groups is 1. The van der Waals surface area contributed by atoms with E-state index in [1.807, 2.05) is 78.9 Å². The van der Waals surface area contributed by atoms with Crippen molar-refractivity contribution in [3.63, 3.8) is 0 Å². The minimum atomic E-state index is -1.00. The van der Waals surface area contributed by atoms with E-state index in [9.17, 15) is 4.79 Å². The van der Waals surface area contributed by atoms with Crippen LogP contribution in [0.25, 0.3) is 0 Å². The SMILES string of the molecule is O=C1N2C=CC=CC2=NC1(c1ccccc1)c1ccccc1. The molecule has 2 aromatic rings. The summed E-state index contributed by atoms with van der Waals surface area (Å²) in [6, 6.07) is 19.5. The van der Waals surface area contributed by atoms with Gasteiger partial charge in [-0.1, -0.05) is 66.7 Å². The lowest BCUT2D eigenvalue weighted by atomic mass is 9.83. The first-order valence-corrected chi connectivity index (χ1v) is 7.22. The number of amidine groups is 1. The number of aliphatic imine (C=N–C) groups is 1. The first-order valence-electron chi connectivity index (χ1n) is 7.22. The molecule has 2 aliphatic heterocycles. The summed E-state index contributed by atoms with van der Waals surface area (Å²) in [6.45, 7) is 0. The number of benzene rings is 2. The van der Waals surface area contributed by atoms with Crippen LogP contribution in [0.2, 0.25) is 0 Å². The molecule has 4 rings (SSSR count). The molecule has 22 heavy (non-hydrogen) atoms. The summed E-state index contributed by atoms with van der Waals surface area (Å²) in [5.74, 6) is 0.640. The zero-order valence-electron chi connectivity index (χ0n) is 11.9. The molecule has 0 atom stereocenters. The van der Waals surface area contributed by atoms with Gasteiger partial charge >= 0.3 is 0 Å². The lowest BCUT2D eigenvalue weighted by Gasteiger charge is -2.26. The van der Waals surface area contributed by atoms with Crippen LogP contribution in [0.3, 0.4) is 0 Å². The summed E-state index contributed by atoms with van der Waals surface area (Å²) in [5.41, 5.74) is 0.765. The van der Waals surface area contributed by atoms with Gasteiger partial charge in [-0.05, 0) is 23.3 Å². The van der Waals surface area contributed by atoms with Crippen molar-refractivity contribution in [2.75, 3.05) is 0 Å². The van der Waals surface area contributed by atoms with E-state index < -0.39 is 5.54 Å². The van der Waals surface area contributed by atoms with E-state index in [4.69, 9.17) is 4.99 Å². The number of rotatable bonds is 2. The molecular weight excluding hydrogens is 272 g/mol. The molecule has 2 aromatic carbocycles. The maximum atomic E-state index is 13.2. The number of allylic oxidation sites excluding steroid dienone is 2. The summed E-state index contributed by atoms with van der Waals surface area (Å²) in [5, 5.41) is 0. The van der Waals surface area contributed by atoms with Gasteiger partial charge in [0.05, 0.1) is 0 Å². The van der Waals surface area contributed by atoms with Crippen LogP contribution in [0.15, 0.2) is 90.1 Å². The van der Waals surface area contributed by atoms with Crippen LogP contribution in [0.1, 0.15) is 11.1 Å². The molecule has 0 spiro atoms. The number of nitrogens with zero attached hydrogens (tertiary/aromatic N) is 2. The van der Waals surface area contributed by atoms with Crippen molar-refractivity contribution in [1.82, 2.24) is 4.90 Å². The summed E-state index contributed by atoms with van der Waals surface area (Å²) >= 11 is 0. The van der Waals surface area contributed by atoms with E-state index in [0.717, 1.165) is 11.1 Å². The molecule has 3 nitrogen and oxygen atoms in total. The van der Waals surface area contributed by atoms with Gasteiger partial charge in [-0.2, -0.15) is 0 Å². The number of hydrogen-bond donors (Lipinski definition) is 0. The monoisotopic (exact) mass is 286 g/mol. The topological polar surface area (TPSA) is 32.7 Å². The van der Waals surface area contributed by atoms with Crippen LogP contribution >= 0.6 is 0 Å².